The molecule has 0 aliphatic heterocycles. The van der Waals surface area contributed by atoms with Gasteiger partial charge in [-0.15, -0.1) is 0 Å². The summed E-state index contributed by atoms with van der Waals surface area (Å²) in [4.78, 5) is 36.9. The van der Waals surface area contributed by atoms with Crippen molar-refractivity contribution in [2.24, 2.45) is 35.0 Å². The van der Waals surface area contributed by atoms with Gasteiger partial charge in [-0.25, -0.2) is 0 Å². The standard InChI is InChI=1S/C28H44O6/c1-7-9-19-14-20-11-10-18(3)23(13-12-21(29)16-22(30)17-25(31)33-6)26(20)24(15-19)34-27(32)28(4,5)8-2/h7,9-11,18-20,22-24,26,30H,8,12-17H2,1-6H3/b9-7+/t18-,19-,20-,22+,23-,24-,26-/m0/s1. The number of ether oxygens (including phenoxy) is 2. The summed E-state index contributed by atoms with van der Waals surface area (Å²) in [5.41, 5.74) is -0.527. The number of ketones is 1. The van der Waals surface area contributed by atoms with Crippen molar-refractivity contribution < 1.29 is 29.0 Å². The van der Waals surface area contributed by atoms with Gasteiger partial charge in [-0.3, -0.25) is 14.4 Å². The number of aliphatic hydroxyl groups excluding tert-OH is 1. The molecule has 0 unspecified atom stereocenters. The van der Waals surface area contributed by atoms with Crippen LogP contribution in [0.25, 0.3) is 0 Å². The average molecular weight is 477 g/mol. The molecule has 0 aromatic rings. The number of carbonyl (C=O) groups excluding carboxylic acids is 3. The van der Waals surface area contributed by atoms with Gasteiger partial charge in [0.2, 0.25) is 0 Å². The van der Waals surface area contributed by atoms with Gasteiger partial charge >= 0.3 is 11.9 Å². The molecule has 6 heteroatoms. The van der Waals surface area contributed by atoms with E-state index in [2.05, 4.69) is 36.0 Å². The summed E-state index contributed by atoms with van der Waals surface area (Å²) in [6, 6.07) is 0. The number of carbonyl (C=O) groups is 3. The first-order valence-corrected chi connectivity index (χ1v) is 12.8. The van der Waals surface area contributed by atoms with Crippen LogP contribution in [0.3, 0.4) is 0 Å². The van der Waals surface area contributed by atoms with Crippen molar-refractivity contribution in [3.05, 3.63) is 24.3 Å². The summed E-state index contributed by atoms with van der Waals surface area (Å²) in [6.07, 6.45) is 11.0. The number of allylic oxidation sites excluding steroid dienone is 4. The second kappa shape index (κ2) is 12.7. The number of fused-ring (bicyclic) bond motifs is 1. The molecule has 2 rings (SSSR count). The summed E-state index contributed by atoms with van der Waals surface area (Å²) in [7, 11) is 1.27. The van der Waals surface area contributed by atoms with E-state index in [1.54, 1.807) is 0 Å². The molecule has 0 saturated heterocycles. The second-order valence-electron chi connectivity index (χ2n) is 10.8. The molecule has 2 aliphatic rings. The Balaban J connectivity index is 2.15. The van der Waals surface area contributed by atoms with Crippen LogP contribution in [0.5, 0.6) is 0 Å². The monoisotopic (exact) mass is 476 g/mol. The van der Waals surface area contributed by atoms with Crippen LogP contribution < -0.4 is 0 Å². The third-order valence-corrected chi connectivity index (χ3v) is 7.87. The van der Waals surface area contributed by atoms with Crippen LogP contribution in [-0.2, 0) is 23.9 Å². The molecule has 1 saturated carbocycles. The molecule has 192 valence electrons. The van der Waals surface area contributed by atoms with Crippen LogP contribution in [0, 0.1) is 35.0 Å². The Morgan fingerprint density at radius 2 is 1.88 bits per heavy atom. The fourth-order valence-electron chi connectivity index (χ4n) is 5.44. The van der Waals surface area contributed by atoms with Crippen molar-refractivity contribution in [2.75, 3.05) is 7.11 Å². The zero-order valence-electron chi connectivity index (χ0n) is 21.8. The zero-order chi connectivity index (χ0) is 25.5. The van der Waals surface area contributed by atoms with Gasteiger partial charge in [0.25, 0.3) is 0 Å². The van der Waals surface area contributed by atoms with Crippen molar-refractivity contribution in [1.82, 2.24) is 0 Å². The Kier molecular flexibility index (Phi) is 10.5. The molecule has 0 aromatic heterocycles. The lowest BCUT2D eigenvalue weighted by molar-refractivity contribution is -0.169. The Bertz CT molecular complexity index is 767. The van der Waals surface area contributed by atoms with E-state index in [0.29, 0.717) is 31.1 Å². The van der Waals surface area contributed by atoms with Gasteiger partial charge in [-0.1, -0.05) is 38.2 Å². The fourth-order valence-corrected chi connectivity index (χ4v) is 5.44. The first-order valence-electron chi connectivity index (χ1n) is 12.8. The minimum Gasteiger partial charge on any atom is -0.469 e. The predicted molar refractivity (Wildman–Crippen MR) is 132 cm³/mol. The van der Waals surface area contributed by atoms with Crippen molar-refractivity contribution >= 4 is 17.7 Å². The zero-order valence-corrected chi connectivity index (χ0v) is 21.8. The van der Waals surface area contributed by atoms with E-state index in [1.807, 2.05) is 27.7 Å². The molecule has 0 radical (unpaired) electrons. The summed E-state index contributed by atoms with van der Waals surface area (Å²) in [5.74, 6) is 0.596. The van der Waals surface area contributed by atoms with Crippen molar-refractivity contribution in [3.8, 4) is 0 Å². The lowest BCUT2D eigenvalue weighted by Crippen LogP contribution is -2.47. The smallest absolute Gasteiger partial charge is 0.311 e. The van der Waals surface area contributed by atoms with E-state index in [4.69, 9.17) is 4.74 Å². The topological polar surface area (TPSA) is 89.9 Å². The molecule has 0 heterocycles. The van der Waals surface area contributed by atoms with Gasteiger partial charge in [0.15, 0.2) is 0 Å². The highest BCUT2D eigenvalue weighted by Gasteiger charge is 2.46. The van der Waals surface area contributed by atoms with Crippen molar-refractivity contribution in [3.63, 3.8) is 0 Å². The Labute approximate surface area is 205 Å². The Hall–Kier alpha value is -1.95. The third-order valence-electron chi connectivity index (χ3n) is 7.87. The van der Waals surface area contributed by atoms with E-state index >= 15 is 0 Å². The highest BCUT2D eigenvalue weighted by Crippen LogP contribution is 2.48. The van der Waals surface area contributed by atoms with Gasteiger partial charge < -0.3 is 14.6 Å². The van der Waals surface area contributed by atoms with E-state index < -0.39 is 17.5 Å². The molecule has 34 heavy (non-hydrogen) atoms. The number of aliphatic hydroxyl groups is 1. The highest BCUT2D eigenvalue weighted by molar-refractivity contribution is 5.80. The average Bonchev–Trinajstić information content (AvgIpc) is 2.78. The van der Waals surface area contributed by atoms with E-state index in [1.165, 1.54) is 7.11 Å². The molecule has 7 atom stereocenters. The quantitative estimate of drug-likeness (QED) is 0.332. The van der Waals surface area contributed by atoms with Crippen LogP contribution in [0.15, 0.2) is 24.3 Å². The van der Waals surface area contributed by atoms with Crippen LogP contribution in [0.1, 0.15) is 79.6 Å². The van der Waals surface area contributed by atoms with Gasteiger partial charge in [0.05, 0.1) is 25.0 Å². The molecule has 0 spiro atoms. The minimum atomic E-state index is -1.02. The van der Waals surface area contributed by atoms with E-state index in [-0.39, 0.29) is 48.5 Å². The summed E-state index contributed by atoms with van der Waals surface area (Å²) in [6.45, 7) is 10.1. The molecule has 0 bridgehead atoms. The Morgan fingerprint density at radius 1 is 1.18 bits per heavy atom. The lowest BCUT2D eigenvalue weighted by Gasteiger charge is -2.48. The third kappa shape index (κ3) is 7.53. The molecular weight excluding hydrogens is 432 g/mol. The maximum Gasteiger partial charge on any atom is 0.311 e. The number of rotatable bonds is 11. The first-order chi connectivity index (χ1) is 16.0. The van der Waals surface area contributed by atoms with Gasteiger partial charge in [-0.05, 0) is 70.1 Å². The number of Topliss-reactive ketones (excluding diaryl/α,β-unsaturated/α-hetero) is 1. The normalized spacial score (nSPS) is 30.0. The van der Waals surface area contributed by atoms with Crippen LogP contribution in [0.2, 0.25) is 0 Å². The first kappa shape index (κ1) is 28.3. The molecule has 1 fully saturated rings. The SMILES string of the molecule is C/C=C/[C@@H]1C[C@H](OC(=O)C(C)(C)CC)[C@@H]2[C@@H](CCC(=O)C[C@@H](O)CC(=O)OC)[C@@H](C)C=C[C@H]2C1. The molecule has 0 aromatic carbocycles. The molecule has 1 N–H and O–H groups in total. The molecule has 2 aliphatic carbocycles. The maximum atomic E-state index is 13.0. The van der Waals surface area contributed by atoms with Gasteiger partial charge in [0, 0.05) is 18.8 Å². The molecule has 6 nitrogen and oxygen atoms in total. The number of esters is 2. The van der Waals surface area contributed by atoms with Crippen LogP contribution >= 0.6 is 0 Å². The number of methoxy groups -OCH3 is 1. The van der Waals surface area contributed by atoms with Crippen LogP contribution in [0.4, 0.5) is 0 Å². The molecular formula is C28H44O6. The molecule has 0 amide bonds. The lowest BCUT2D eigenvalue weighted by atomic mass is 9.60. The Morgan fingerprint density at radius 3 is 2.50 bits per heavy atom. The second-order valence-corrected chi connectivity index (χ2v) is 10.8. The maximum absolute atomic E-state index is 13.0. The van der Waals surface area contributed by atoms with Gasteiger partial charge in [0.1, 0.15) is 11.9 Å². The highest BCUT2D eigenvalue weighted by atomic mass is 16.5. The van der Waals surface area contributed by atoms with E-state index in [0.717, 1.165) is 12.8 Å². The summed E-state index contributed by atoms with van der Waals surface area (Å²) in [5, 5.41) is 10.0. The fraction of sp³-hybridized carbons (Fsp3) is 0.750. The van der Waals surface area contributed by atoms with E-state index in [9.17, 15) is 19.5 Å². The van der Waals surface area contributed by atoms with Crippen molar-refractivity contribution in [1.29, 1.82) is 0 Å². The summed E-state index contributed by atoms with van der Waals surface area (Å²) >= 11 is 0. The summed E-state index contributed by atoms with van der Waals surface area (Å²) < 4.78 is 10.8. The number of hydrogen-bond acceptors (Lipinski definition) is 6. The van der Waals surface area contributed by atoms with Gasteiger partial charge in [-0.2, -0.15) is 0 Å². The van der Waals surface area contributed by atoms with Crippen LogP contribution in [-0.4, -0.2) is 42.1 Å². The number of hydrogen-bond donors (Lipinski definition) is 1. The van der Waals surface area contributed by atoms with Crippen molar-refractivity contribution in [2.45, 2.75) is 91.8 Å². The largest absolute Gasteiger partial charge is 0.469 e. The minimum absolute atomic E-state index is 0.0490. The predicted octanol–water partition coefficient (Wildman–Crippen LogP) is 5.04.